The van der Waals surface area contributed by atoms with Crippen molar-refractivity contribution in [3.63, 3.8) is 0 Å². The van der Waals surface area contributed by atoms with E-state index in [4.69, 9.17) is 0 Å². The second kappa shape index (κ2) is 4.69. The van der Waals surface area contributed by atoms with Crippen molar-refractivity contribution in [1.82, 2.24) is 15.5 Å². The summed E-state index contributed by atoms with van der Waals surface area (Å²) in [6.45, 7) is 3.05. The first-order valence-corrected chi connectivity index (χ1v) is 4.74. The Morgan fingerprint density at radius 1 is 1.40 bits per heavy atom. The fourth-order valence-electron chi connectivity index (χ4n) is 1.23. The van der Waals surface area contributed by atoms with Crippen molar-refractivity contribution in [2.24, 2.45) is 0 Å². The van der Waals surface area contributed by atoms with Crippen LogP contribution in [0.15, 0.2) is 0 Å². The lowest BCUT2D eigenvalue weighted by Gasteiger charge is -2.29. The lowest BCUT2D eigenvalue weighted by molar-refractivity contribution is -0.149. The summed E-state index contributed by atoms with van der Waals surface area (Å²) in [6.07, 6.45) is -4.39. The number of carbonyl (C=O) groups is 1. The summed E-state index contributed by atoms with van der Waals surface area (Å²) >= 11 is 0. The number of alkyl halides is 3. The van der Waals surface area contributed by atoms with Gasteiger partial charge in [-0.1, -0.05) is 0 Å². The molecule has 4 nitrogen and oxygen atoms in total. The van der Waals surface area contributed by atoms with Gasteiger partial charge in [0.15, 0.2) is 0 Å². The molecule has 2 N–H and O–H groups in total. The summed E-state index contributed by atoms with van der Waals surface area (Å²) in [5, 5.41) is 4.93. The van der Waals surface area contributed by atoms with Crippen LogP contribution < -0.4 is 10.6 Å². The van der Waals surface area contributed by atoms with E-state index in [2.05, 4.69) is 5.32 Å². The number of nitrogens with zero attached hydrogens (tertiary/aromatic N) is 1. The van der Waals surface area contributed by atoms with Crippen molar-refractivity contribution in [3.05, 3.63) is 0 Å². The Hall–Kier alpha value is -0.980. The molecular weight excluding hydrogens is 211 g/mol. The van der Waals surface area contributed by atoms with Gasteiger partial charge in [-0.05, 0) is 6.92 Å². The first kappa shape index (κ1) is 12.1. The van der Waals surface area contributed by atoms with Crippen LogP contribution in [0, 0.1) is 0 Å². The van der Waals surface area contributed by atoms with Crippen molar-refractivity contribution in [2.45, 2.75) is 19.1 Å². The molecule has 1 aliphatic heterocycles. The molecule has 2 amide bonds. The third-order valence-electron chi connectivity index (χ3n) is 2.24. The molecule has 7 heteroatoms. The van der Waals surface area contributed by atoms with E-state index in [0.29, 0.717) is 26.2 Å². The molecule has 1 heterocycles. The molecule has 0 aromatic carbocycles. The van der Waals surface area contributed by atoms with Gasteiger partial charge >= 0.3 is 12.2 Å². The van der Waals surface area contributed by atoms with Crippen LogP contribution >= 0.6 is 0 Å². The Balaban J connectivity index is 2.40. The molecule has 1 atom stereocenters. The van der Waals surface area contributed by atoms with E-state index in [1.54, 1.807) is 0 Å². The van der Waals surface area contributed by atoms with Gasteiger partial charge in [-0.2, -0.15) is 13.2 Å². The Kier molecular flexibility index (Phi) is 3.78. The highest BCUT2D eigenvalue weighted by Gasteiger charge is 2.37. The normalized spacial score (nSPS) is 19.9. The Morgan fingerprint density at radius 2 is 1.93 bits per heavy atom. The van der Waals surface area contributed by atoms with Crippen LogP contribution in [-0.4, -0.2) is 49.3 Å². The molecule has 0 bridgehead atoms. The summed E-state index contributed by atoms with van der Waals surface area (Å²) in [5.41, 5.74) is 0. The van der Waals surface area contributed by atoms with Crippen LogP contribution in [0.2, 0.25) is 0 Å². The summed E-state index contributed by atoms with van der Waals surface area (Å²) < 4.78 is 36.4. The average Bonchev–Trinajstić information content (AvgIpc) is 2.17. The van der Waals surface area contributed by atoms with E-state index in [-0.39, 0.29) is 0 Å². The van der Waals surface area contributed by atoms with Gasteiger partial charge in [0.05, 0.1) is 0 Å². The zero-order valence-electron chi connectivity index (χ0n) is 8.40. The lowest BCUT2D eigenvalue weighted by atomic mass is 10.3. The highest BCUT2D eigenvalue weighted by atomic mass is 19.4. The highest BCUT2D eigenvalue weighted by molar-refractivity contribution is 5.74. The Labute approximate surface area is 85.8 Å². The van der Waals surface area contributed by atoms with Gasteiger partial charge in [0.25, 0.3) is 0 Å². The minimum absolute atomic E-state index is 0.441. The second-order valence-corrected chi connectivity index (χ2v) is 3.45. The number of hydrogen-bond donors (Lipinski definition) is 2. The van der Waals surface area contributed by atoms with Crippen molar-refractivity contribution < 1.29 is 18.0 Å². The van der Waals surface area contributed by atoms with E-state index >= 15 is 0 Å². The van der Waals surface area contributed by atoms with Gasteiger partial charge in [-0.15, -0.1) is 0 Å². The monoisotopic (exact) mass is 225 g/mol. The molecule has 0 aromatic heterocycles. The van der Waals surface area contributed by atoms with Crippen LogP contribution in [0.5, 0.6) is 0 Å². The largest absolute Gasteiger partial charge is 0.408 e. The van der Waals surface area contributed by atoms with E-state index < -0.39 is 18.2 Å². The number of nitrogens with one attached hydrogen (secondary N) is 2. The van der Waals surface area contributed by atoms with Crippen LogP contribution in [0.3, 0.4) is 0 Å². The standard InChI is InChI=1S/C8H14F3N3O/c1-6(8(9,10)11)13-7(15)14-4-2-12-3-5-14/h6,12H,2-5H2,1H3,(H,13,15)/t6-/m0/s1. The predicted octanol–water partition coefficient (Wildman–Crippen LogP) is 0.552. The molecule has 15 heavy (non-hydrogen) atoms. The molecule has 0 aromatic rings. The van der Waals surface area contributed by atoms with E-state index in [9.17, 15) is 18.0 Å². The van der Waals surface area contributed by atoms with Gasteiger partial charge in [-0.3, -0.25) is 0 Å². The number of carbonyl (C=O) groups excluding carboxylic acids is 1. The molecule has 0 aliphatic carbocycles. The Bertz CT molecular complexity index is 226. The third-order valence-corrected chi connectivity index (χ3v) is 2.24. The molecule has 88 valence electrons. The van der Waals surface area contributed by atoms with E-state index in [1.165, 1.54) is 4.90 Å². The van der Waals surface area contributed by atoms with Crippen molar-refractivity contribution in [3.8, 4) is 0 Å². The summed E-state index contributed by atoms with van der Waals surface area (Å²) in [6, 6.07) is -2.46. The zero-order chi connectivity index (χ0) is 11.5. The molecule has 1 saturated heterocycles. The number of rotatable bonds is 1. The maximum absolute atomic E-state index is 12.1. The van der Waals surface area contributed by atoms with Gasteiger partial charge in [-0.25, -0.2) is 4.79 Å². The first-order valence-electron chi connectivity index (χ1n) is 4.74. The zero-order valence-corrected chi connectivity index (χ0v) is 8.40. The molecule has 0 unspecified atom stereocenters. The first-order chi connectivity index (χ1) is 6.91. The minimum Gasteiger partial charge on any atom is -0.326 e. The van der Waals surface area contributed by atoms with Crippen molar-refractivity contribution in [2.75, 3.05) is 26.2 Å². The number of amides is 2. The molecule has 1 fully saturated rings. The van der Waals surface area contributed by atoms with Crippen LogP contribution in [0.1, 0.15) is 6.92 Å². The summed E-state index contributed by atoms with van der Waals surface area (Å²) in [7, 11) is 0. The summed E-state index contributed by atoms with van der Waals surface area (Å²) in [4.78, 5) is 12.7. The number of urea groups is 1. The molecule has 0 saturated carbocycles. The fraction of sp³-hybridized carbons (Fsp3) is 0.875. The molecule has 0 spiro atoms. The van der Waals surface area contributed by atoms with Crippen LogP contribution in [0.25, 0.3) is 0 Å². The lowest BCUT2D eigenvalue weighted by Crippen LogP contribution is -2.54. The average molecular weight is 225 g/mol. The topological polar surface area (TPSA) is 44.4 Å². The van der Waals surface area contributed by atoms with Crippen molar-refractivity contribution >= 4 is 6.03 Å². The highest BCUT2D eigenvalue weighted by Crippen LogP contribution is 2.19. The number of halogens is 3. The van der Waals surface area contributed by atoms with Crippen molar-refractivity contribution in [1.29, 1.82) is 0 Å². The predicted molar refractivity (Wildman–Crippen MR) is 48.5 cm³/mol. The van der Waals surface area contributed by atoms with Gasteiger partial charge in [0, 0.05) is 26.2 Å². The molecule has 0 radical (unpaired) electrons. The van der Waals surface area contributed by atoms with Gasteiger partial charge < -0.3 is 15.5 Å². The van der Waals surface area contributed by atoms with Crippen LogP contribution in [0.4, 0.5) is 18.0 Å². The fourth-order valence-corrected chi connectivity index (χ4v) is 1.23. The second-order valence-electron chi connectivity index (χ2n) is 3.45. The molecule has 1 rings (SSSR count). The number of hydrogen-bond acceptors (Lipinski definition) is 2. The van der Waals surface area contributed by atoms with Gasteiger partial charge in [0.2, 0.25) is 0 Å². The summed E-state index contributed by atoms with van der Waals surface area (Å²) in [5.74, 6) is 0. The van der Waals surface area contributed by atoms with Gasteiger partial charge in [0.1, 0.15) is 6.04 Å². The maximum Gasteiger partial charge on any atom is 0.408 e. The van der Waals surface area contributed by atoms with Crippen LogP contribution in [-0.2, 0) is 0 Å². The smallest absolute Gasteiger partial charge is 0.326 e. The maximum atomic E-state index is 12.1. The van der Waals surface area contributed by atoms with E-state index in [0.717, 1.165) is 6.92 Å². The molecule has 1 aliphatic rings. The quantitative estimate of drug-likeness (QED) is 0.684. The third kappa shape index (κ3) is 3.58. The number of piperazine rings is 1. The minimum atomic E-state index is -4.39. The van der Waals surface area contributed by atoms with E-state index in [1.807, 2.05) is 5.32 Å². The Morgan fingerprint density at radius 3 is 2.40 bits per heavy atom. The molecular formula is C8H14F3N3O. The SMILES string of the molecule is C[C@H](NC(=O)N1CCNCC1)C(F)(F)F.